The van der Waals surface area contributed by atoms with Crippen LogP contribution in [0.1, 0.15) is 12.5 Å². The highest BCUT2D eigenvalue weighted by Crippen LogP contribution is 2.38. The van der Waals surface area contributed by atoms with Crippen LogP contribution in [0.2, 0.25) is 0 Å². The Balaban J connectivity index is 2.09. The molecule has 9 heteroatoms. The molecule has 0 radical (unpaired) electrons. The summed E-state index contributed by atoms with van der Waals surface area (Å²) in [6.07, 6.45) is -2.55. The molecule has 2 aromatic rings. The fraction of sp³-hybridized carbons (Fsp3) is 0.364. The standard InChI is InChI=1S/C11H11F2N5O2/c12-9(13)4-1-5(8(20)7(4)19)18-3-17-6-10(14)15-2-16-11(6)18/h2-3,5,7-8,19-20H,1H2,(H2,14,15,16)/t5-,7-,8+/m1/s1. The van der Waals surface area contributed by atoms with E-state index in [9.17, 15) is 19.0 Å². The lowest BCUT2D eigenvalue weighted by Gasteiger charge is -2.17. The summed E-state index contributed by atoms with van der Waals surface area (Å²) < 4.78 is 26.8. The largest absolute Gasteiger partial charge is 0.388 e. The Morgan fingerprint density at radius 3 is 2.70 bits per heavy atom. The molecular weight excluding hydrogens is 272 g/mol. The van der Waals surface area contributed by atoms with Crippen molar-refractivity contribution < 1.29 is 19.0 Å². The third kappa shape index (κ3) is 1.74. The Hall–Kier alpha value is -2.13. The summed E-state index contributed by atoms with van der Waals surface area (Å²) in [5.41, 5.74) is 5.83. The van der Waals surface area contributed by atoms with E-state index in [0.717, 1.165) is 0 Å². The monoisotopic (exact) mass is 283 g/mol. The summed E-state index contributed by atoms with van der Waals surface area (Å²) in [6.45, 7) is 0. The molecule has 4 N–H and O–H groups in total. The number of anilines is 1. The molecule has 20 heavy (non-hydrogen) atoms. The maximum absolute atomic E-state index is 12.7. The number of nitrogen functional groups attached to an aromatic ring is 1. The van der Waals surface area contributed by atoms with Gasteiger partial charge in [0.1, 0.15) is 24.1 Å². The van der Waals surface area contributed by atoms with E-state index >= 15 is 0 Å². The first-order chi connectivity index (χ1) is 9.50. The molecule has 0 saturated heterocycles. The molecule has 0 unspecified atom stereocenters. The molecule has 1 aliphatic rings. The maximum Gasteiger partial charge on any atom is 0.272 e. The molecule has 0 aliphatic heterocycles. The van der Waals surface area contributed by atoms with Crippen molar-refractivity contribution in [2.45, 2.75) is 24.7 Å². The number of aliphatic hydroxyl groups is 2. The summed E-state index contributed by atoms with van der Waals surface area (Å²) in [5, 5.41) is 19.6. The van der Waals surface area contributed by atoms with Gasteiger partial charge in [-0.2, -0.15) is 8.78 Å². The number of hydrogen-bond donors (Lipinski definition) is 3. The Morgan fingerprint density at radius 2 is 2.05 bits per heavy atom. The third-order valence-electron chi connectivity index (χ3n) is 3.49. The fourth-order valence-electron chi connectivity index (χ4n) is 2.45. The summed E-state index contributed by atoms with van der Waals surface area (Å²) >= 11 is 0. The van der Waals surface area contributed by atoms with Gasteiger partial charge in [0.25, 0.3) is 6.08 Å². The number of aliphatic hydroxyl groups excluding tert-OH is 2. The fourth-order valence-corrected chi connectivity index (χ4v) is 2.45. The summed E-state index contributed by atoms with van der Waals surface area (Å²) in [4.78, 5) is 11.8. The smallest absolute Gasteiger partial charge is 0.272 e. The first kappa shape index (κ1) is 12.9. The highest BCUT2D eigenvalue weighted by molar-refractivity contribution is 5.81. The zero-order valence-electron chi connectivity index (χ0n) is 10.1. The molecule has 2 aromatic heterocycles. The number of rotatable bonds is 1. The van der Waals surface area contributed by atoms with Gasteiger partial charge < -0.3 is 20.5 Å². The van der Waals surface area contributed by atoms with Crippen LogP contribution in [0, 0.1) is 0 Å². The van der Waals surface area contributed by atoms with E-state index in [1.165, 1.54) is 17.2 Å². The van der Waals surface area contributed by atoms with E-state index in [-0.39, 0.29) is 12.2 Å². The van der Waals surface area contributed by atoms with Gasteiger partial charge in [0.15, 0.2) is 11.5 Å². The molecule has 7 nitrogen and oxygen atoms in total. The van der Waals surface area contributed by atoms with Gasteiger partial charge >= 0.3 is 0 Å². The van der Waals surface area contributed by atoms with Crippen LogP contribution < -0.4 is 5.73 Å². The van der Waals surface area contributed by atoms with E-state index in [0.29, 0.717) is 11.2 Å². The van der Waals surface area contributed by atoms with Gasteiger partial charge in [0.05, 0.1) is 12.4 Å². The van der Waals surface area contributed by atoms with Gasteiger partial charge in [0.2, 0.25) is 0 Å². The van der Waals surface area contributed by atoms with Crippen LogP contribution in [0.25, 0.3) is 11.2 Å². The summed E-state index contributed by atoms with van der Waals surface area (Å²) in [6, 6.07) is -0.777. The lowest BCUT2D eigenvalue weighted by atomic mass is 10.2. The minimum atomic E-state index is -1.97. The van der Waals surface area contributed by atoms with Gasteiger partial charge in [-0.25, -0.2) is 15.0 Å². The molecule has 0 aromatic carbocycles. The minimum absolute atomic E-state index is 0.161. The van der Waals surface area contributed by atoms with Crippen LogP contribution in [-0.4, -0.2) is 41.9 Å². The van der Waals surface area contributed by atoms with Crippen molar-refractivity contribution >= 4 is 17.0 Å². The van der Waals surface area contributed by atoms with Crippen LogP contribution in [0.3, 0.4) is 0 Å². The second kappa shape index (κ2) is 4.46. The van der Waals surface area contributed by atoms with Crippen molar-refractivity contribution in [2.75, 3.05) is 5.73 Å². The van der Waals surface area contributed by atoms with Crippen molar-refractivity contribution in [3.63, 3.8) is 0 Å². The predicted molar refractivity (Wildman–Crippen MR) is 64.6 cm³/mol. The van der Waals surface area contributed by atoms with Gasteiger partial charge in [-0.3, -0.25) is 0 Å². The molecular formula is C11H11F2N5O2. The molecule has 0 amide bonds. The van der Waals surface area contributed by atoms with Crippen LogP contribution in [0.15, 0.2) is 24.3 Å². The number of fused-ring (bicyclic) bond motifs is 1. The van der Waals surface area contributed by atoms with Gasteiger partial charge in [-0.15, -0.1) is 0 Å². The number of aromatic nitrogens is 4. The highest BCUT2D eigenvalue weighted by Gasteiger charge is 2.41. The zero-order valence-corrected chi connectivity index (χ0v) is 10.1. The predicted octanol–water partition coefficient (Wildman–Crippen LogP) is 0.226. The van der Waals surface area contributed by atoms with Crippen LogP contribution in [0.5, 0.6) is 0 Å². The average molecular weight is 283 g/mol. The quantitative estimate of drug-likeness (QED) is 0.691. The van der Waals surface area contributed by atoms with Crippen molar-refractivity contribution in [1.29, 1.82) is 0 Å². The SMILES string of the molecule is Nc1ncnc2c1ncn2[C@@H]1CC(=C(F)F)[C@@H](O)[C@H]1O. The van der Waals surface area contributed by atoms with E-state index in [2.05, 4.69) is 15.0 Å². The Labute approximate surface area is 111 Å². The molecule has 0 spiro atoms. The number of hydrogen-bond acceptors (Lipinski definition) is 6. The highest BCUT2D eigenvalue weighted by atomic mass is 19.3. The van der Waals surface area contributed by atoms with E-state index < -0.39 is 29.9 Å². The van der Waals surface area contributed by atoms with Crippen molar-refractivity contribution in [2.24, 2.45) is 0 Å². The lowest BCUT2D eigenvalue weighted by molar-refractivity contribution is 0.0345. The Morgan fingerprint density at radius 1 is 1.30 bits per heavy atom. The number of halogens is 2. The first-order valence-corrected chi connectivity index (χ1v) is 5.84. The number of nitrogens with two attached hydrogens (primary N) is 1. The van der Waals surface area contributed by atoms with Gasteiger partial charge in [-0.05, 0) is 0 Å². The molecule has 3 rings (SSSR count). The average Bonchev–Trinajstić information content (AvgIpc) is 2.94. The topological polar surface area (TPSA) is 110 Å². The zero-order chi connectivity index (χ0) is 14.4. The maximum atomic E-state index is 12.7. The Bertz CT molecular complexity index is 697. The summed E-state index contributed by atoms with van der Waals surface area (Å²) in [7, 11) is 0. The van der Waals surface area contributed by atoms with E-state index in [4.69, 9.17) is 5.73 Å². The van der Waals surface area contributed by atoms with Crippen LogP contribution >= 0.6 is 0 Å². The van der Waals surface area contributed by atoms with Gasteiger partial charge in [-0.1, -0.05) is 0 Å². The van der Waals surface area contributed by atoms with Crippen molar-refractivity contribution in [3.8, 4) is 0 Å². The molecule has 1 saturated carbocycles. The van der Waals surface area contributed by atoms with Crippen LogP contribution in [0.4, 0.5) is 14.6 Å². The molecule has 2 heterocycles. The van der Waals surface area contributed by atoms with E-state index in [1.54, 1.807) is 0 Å². The van der Waals surface area contributed by atoms with Crippen LogP contribution in [-0.2, 0) is 0 Å². The second-order valence-corrected chi connectivity index (χ2v) is 4.58. The van der Waals surface area contributed by atoms with Gasteiger partial charge in [0, 0.05) is 12.0 Å². The molecule has 3 atom stereocenters. The number of nitrogens with zero attached hydrogens (tertiary/aromatic N) is 4. The third-order valence-corrected chi connectivity index (χ3v) is 3.49. The lowest BCUT2D eigenvalue weighted by Crippen LogP contribution is -2.27. The molecule has 106 valence electrons. The normalized spacial score (nSPS) is 26.4. The molecule has 1 fully saturated rings. The molecule has 0 bridgehead atoms. The van der Waals surface area contributed by atoms with Crippen molar-refractivity contribution in [3.05, 3.63) is 24.3 Å². The minimum Gasteiger partial charge on any atom is -0.388 e. The van der Waals surface area contributed by atoms with E-state index in [1.807, 2.05) is 0 Å². The number of imidazole rings is 1. The second-order valence-electron chi connectivity index (χ2n) is 4.58. The summed E-state index contributed by atoms with van der Waals surface area (Å²) in [5.74, 6) is 0.161. The van der Waals surface area contributed by atoms with Crippen molar-refractivity contribution in [1.82, 2.24) is 19.5 Å². The Kier molecular flexibility index (Phi) is 2.87. The molecule has 1 aliphatic carbocycles. The first-order valence-electron chi connectivity index (χ1n) is 5.84.